The van der Waals surface area contributed by atoms with E-state index >= 15 is 0 Å². The Hall–Kier alpha value is -2.37. The summed E-state index contributed by atoms with van der Waals surface area (Å²) >= 11 is 0. The van der Waals surface area contributed by atoms with Gasteiger partial charge in [0.05, 0.1) is 0 Å². The molecule has 1 aliphatic rings. The maximum Gasteiger partial charge on any atom is 0.156 e. The largest absolute Gasteiger partial charge is 0.295 e. The maximum atomic E-state index is 13.4. The molecule has 0 N–H and O–H groups in total. The highest BCUT2D eigenvalue weighted by molar-refractivity contribution is 7.95. The zero-order valence-electron chi connectivity index (χ0n) is 17.6. The minimum Gasteiger partial charge on any atom is -0.295 e. The summed E-state index contributed by atoms with van der Waals surface area (Å²) in [4.78, 5) is 13.4. The monoisotopic (exact) mass is 414 g/mol. The van der Waals surface area contributed by atoms with E-state index in [0.29, 0.717) is 12.2 Å². The van der Waals surface area contributed by atoms with Gasteiger partial charge in [0.25, 0.3) is 0 Å². The van der Waals surface area contributed by atoms with Crippen molar-refractivity contribution in [1.29, 1.82) is 0 Å². The third kappa shape index (κ3) is 4.68. The Kier molecular flexibility index (Phi) is 7.03. The van der Waals surface area contributed by atoms with Crippen LogP contribution in [0.5, 0.6) is 0 Å². The molecular formula is C28H31OP. The van der Waals surface area contributed by atoms with Gasteiger partial charge in [-0.15, -0.1) is 0 Å². The Balaban J connectivity index is 1.80. The summed E-state index contributed by atoms with van der Waals surface area (Å²) in [5, 5.41) is 3.73. The van der Waals surface area contributed by atoms with E-state index in [-0.39, 0.29) is 0 Å². The molecule has 0 aliphatic heterocycles. The average molecular weight is 415 g/mol. The third-order valence-electron chi connectivity index (χ3n) is 6.35. The van der Waals surface area contributed by atoms with Crippen LogP contribution in [-0.2, 0) is 4.79 Å². The molecule has 1 nitrogen and oxygen atoms in total. The highest BCUT2D eigenvalue weighted by Crippen LogP contribution is 2.43. The first-order valence-electron chi connectivity index (χ1n) is 11.2. The lowest BCUT2D eigenvalue weighted by molar-refractivity contribution is -0.112. The van der Waals surface area contributed by atoms with Crippen molar-refractivity contribution < 1.29 is 4.79 Å². The van der Waals surface area contributed by atoms with E-state index in [9.17, 15) is 4.79 Å². The van der Waals surface area contributed by atoms with Crippen LogP contribution in [0.2, 0.25) is 0 Å². The summed E-state index contributed by atoms with van der Waals surface area (Å²) in [6, 6.07) is 31.9. The summed E-state index contributed by atoms with van der Waals surface area (Å²) in [6.07, 6.45) is 8.32. The number of ketones is 1. The molecule has 0 spiro atoms. The van der Waals surface area contributed by atoms with Crippen molar-refractivity contribution in [2.24, 2.45) is 5.92 Å². The van der Waals surface area contributed by atoms with Crippen LogP contribution < -0.4 is 15.9 Å². The predicted molar refractivity (Wildman–Crippen MR) is 132 cm³/mol. The van der Waals surface area contributed by atoms with Crippen molar-refractivity contribution in [3.8, 4) is 0 Å². The van der Waals surface area contributed by atoms with Gasteiger partial charge in [0.15, 0.2) is 5.78 Å². The molecule has 0 aromatic heterocycles. The van der Waals surface area contributed by atoms with Crippen molar-refractivity contribution in [2.45, 2.75) is 44.9 Å². The molecule has 0 saturated heterocycles. The Morgan fingerprint density at radius 2 is 1.13 bits per heavy atom. The summed E-state index contributed by atoms with van der Waals surface area (Å²) in [5.41, 5.74) is 0. The van der Waals surface area contributed by atoms with Crippen LogP contribution in [0.1, 0.15) is 44.9 Å². The number of Topliss-reactive ketones (excluding diaryl/α,β-unsaturated/α-hetero) is 1. The summed E-state index contributed by atoms with van der Waals surface area (Å²) in [5.74, 6) is 3.13. The van der Waals surface area contributed by atoms with Crippen molar-refractivity contribution in [2.75, 3.05) is 0 Å². The Bertz CT molecular complexity index is 883. The Morgan fingerprint density at radius 1 is 0.700 bits per heavy atom. The van der Waals surface area contributed by atoms with Crippen LogP contribution in [0.4, 0.5) is 0 Å². The fourth-order valence-corrected chi connectivity index (χ4v) is 8.59. The number of hydrogen-bond acceptors (Lipinski definition) is 1. The second kappa shape index (κ2) is 10.1. The van der Waals surface area contributed by atoms with Crippen LogP contribution in [0.15, 0.2) is 91.0 Å². The zero-order valence-corrected chi connectivity index (χ0v) is 18.5. The molecule has 30 heavy (non-hydrogen) atoms. The molecule has 3 aromatic carbocycles. The molecule has 0 amide bonds. The van der Waals surface area contributed by atoms with Crippen molar-refractivity contribution in [1.82, 2.24) is 0 Å². The molecule has 0 unspecified atom stereocenters. The summed E-state index contributed by atoms with van der Waals surface area (Å²) < 4.78 is 0. The van der Waals surface area contributed by atoms with E-state index in [1.54, 1.807) is 0 Å². The average Bonchev–Trinajstić information content (AvgIpc) is 2.83. The summed E-state index contributed by atoms with van der Waals surface area (Å²) in [6.45, 7) is -2.15. The van der Waals surface area contributed by atoms with Gasteiger partial charge in [-0.1, -0.05) is 123 Å². The molecular weight excluding hydrogens is 383 g/mol. The van der Waals surface area contributed by atoms with Crippen LogP contribution in [-0.4, -0.2) is 11.6 Å². The number of carbonyl (C=O) groups is 1. The first-order chi connectivity index (χ1) is 14.8. The van der Waals surface area contributed by atoms with E-state index in [1.807, 2.05) is 0 Å². The fourth-order valence-electron chi connectivity index (χ4n) is 4.76. The second-order valence-electron chi connectivity index (χ2n) is 8.37. The molecule has 154 valence electrons. The number of carbonyl (C=O) groups excluding carboxylic acids is 1. The Labute approximate surface area is 181 Å². The van der Waals surface area contributed by atoms with Crippen LogP contribution in [0.25, 0.3) is 0 Å². The molecule has 0 radical (unpaired) electrons. The lowest BCUT2D eigenvalue weighted by Gasteiger charge is -2.28. The molecule has 0 heterocycles. The number of benzene rings is 3. The normalized spacial score (nSPS) is 14.9. The molecule has 0 atom stereocenters. The van der Waals surface area contributed by atoms with E-state index in [2.05, 4.69) is 96.8 Å². The lowest BCUT2D eigenvalue weighted by Crippen LogP contribution is -2.28. The minimum atomic E-state index is -2.15. The van der Waals surface area contributed by atoms with Gasteiger partial charge in [0.2, 0.25) is 0 Å². The predicted octanol–water partition coefficient (Wildman–Crippen LogP) is 5.71. The van der Waals surface area contributed by atoms with Crippen LogP contribution in [0.3, 0.4) is 0 Å². The summed E-state index contributed by atoms with van der Waals surface area (Å²) in [7, 11) is 0. The minimum absolute atomic E-state index is 0.297. The number of hydrogen-bond donors (Lipinski definition) is 0. The first-order valence-corrected chi connectivity index (χ1v) is 13.1. The maximum absolute atomic E-state index is 13.4. The quantitative estimate of drug-likeness (QED) is 0.453. The van der Waals surface area contributed by atoms with Gasteiger partial charge in [-0.25, -0.2) is 0 Å². The fraction of sp³-hybridized carbons (Fsp3) is 0.286. The van der Waals surface area contributed by atoms with Gasteiger partial charge < -0.3 is 0 Å². The standard InChI is InChI=1S/C28H31OP/c29-25(22-21-24-13-5-1-6-14-24)23-30(26-15-7-2-8-16-26,27-17-9-3-10-18-27)28-19-11-4-12-20-28/h2-4,7-12,15-20,23-24H,1,5-6,13-14,21-22H2. The van der Waals surface area contributed by atoms with Crippen LogP contribution in [0, 0.1) is 5.92 Å². The van der Waals surface area contributed by atoms with Crippen molar-refractivity contribution >= 4 is 34.4 Å². The van der Waals surface area contributed by atoms with E-state index in [4.69, 9.17) is 0 Å². The highest BCUT2D eigenvalue weighted by Gasteiger charge is 2.26. The van der Waals surface area contributed by atoms with Gasteiger partial charge in [0.1, 0.15) is 0 Å². The molecule has 1 aliphatic carbocycles. The van der Waals surface area contributed by atoms with Crippen LogP contribution >= 0.6 is 6.89 Å². The van der Waals surface area contributed by atoms with E-state index in [0.717, 1.165) is 12.3 Å². The van der Waals surface area contributed by atoms with E-state index < -0.39 is 6.89 Å². The van der Waals surface area contributed by atoms with Gasteiger partial charge in [0, 0.05) is 6.42 Å². The van der Waals surface area contributed by atoms with Gasteiger partial charge in [-0.05, 0) is 40.9 Å². The van der Waals surface area contributed by atoms with Gasteiger partial charge in [-0.2, -0.15) is 0 Å². The highest BCUT2D eigenvalue weighted by atomic mass is 31.2. The number of rotatable bonds is 7. The first kappa shape index (κ1) is 20.9. The van der Waals surface area contributed by atoms with Crippen molar-refractivity contribution in [3.63, 3.8) is 0 Å². The molecule has 0 bridgehead atoms. The van der Waals surface area contributed by atoms with Gasteiger partial charge in [-0.3, -0.25) is 4.79 Å². The molecule has 2 heteroatoms. The third-order valence-corrected chi connectivity index (χ3v) is 10.4. The lowest BCUT2D eigenvalue weighted by atomic mass is 9.86. The van der Waals surface area contributed by atoms with E-state index in [1.165, 1.54) is 48.0 Å². The Morgan fingerprint density at radius 3 is 1.57 bits per heavy atom. The molecule has 1 saturated carbocycles. The second-order valence-corrected chi connectivity index (χ2v) is 11.6. The molecule has 1 fully saturated rings. The topological polar surface area (TPSA) is 17.1 Å². The molecule has 4 rings (SSSR count). The molecule has 3 aromatic rings. The smallest absolute Gasteiger partial charge is 0.156 e. The van der Waals surface area contributed by atoms with Crippen molar-refractivity contribution in [3.05, 3.63) is 91.0 Å². The SMILES string of the molecule is O=C(C=P(c1ccccc1)(c1ccccc1)c1ccccc1)CCC1CCCCC1. The van der Waals surface area contributed by atoms with Gasteiger partial charge >= 0.3 is 0 Å². The zero-order chi connectivity index (χ0) is 20.7.